The van der Waals surface area contributed by atoms with Crippen molar-refractivity contribution in [2.45, 2.75) is 6.92 Å². The number of aldehydes is 1. The molecule has 0 unspecified atom stereocenters. The molecule has 0 amide bonds. The number of carbonyl (C=O) groups excluding carboxylic acids is 1. The summed E-state index contributed by atoms with van der Waals surface area (Å²) in [6.07, 6.45) is 5.59. The van der Waals surface area contributed by atoms with E-state index in [1.54, 1.807) is 12.3 Å². The maximum absolute atomic E-state index is 9.97. The minimum absolute atomic E-state index is 0.744. The van der Waals surface area contributed by atoms with E-state index in [1.165, 1.54) is 6.08 Å². The topological polar surface area (TPSA) is 30.0 Å². The van der Waals surface area contributed by atoms with Gasteiger partial charge in [-0.25, -0.2) is 0 Å². The SMILES string of the molecule is Cc1cccnc1C=CC=O. The first-order valence-corrected chi connectivity index (χ1v) is 3.38. The molecule has 11 heavy (non-hydrogen) atoms. The Kier molecular flexibility index (Phi) is 2.55. The van der Waals surface area contributed by atoms with Gasteiger partial charge in [0.1, 0.15) is 6.29 Å². The lowest BCUT2D eigenvalue weighted by Gasteiger charge is -1.94. The average molecular weight is 147 g/mol. The minimum Gasteiger partial charge on any atom is -0.299 e. The van der Waals surface area contributed by atoms with E-state index in [4.69, 9.17) is 0 Å². The maximum atomic E-state index is 9.97. The first-order valence-electron chi connectivity index (χ1n) is 3.38. The molecule has 0 bridgehead atoms. The highest BCUT2D eigenvalue weighted by atomic mass is 16.1. The van der Waals surface area contributed by atoms with E-state index >= 15 is 0 Å². The van der Waals surface area contributed by atoms with E-state index in [1.807, 2.05) is 19.1 Å². The molecule has 0 aliphatic heterocycles. The molecule has 56 valence electrons. The molecule has 2 heteroatoms. The molecular formula is C9H9NO. The Morgan fingerprint density at radius 1 is 1.55 bits per heavy atom. The van der Waals surface area contributed by atoms with Crippen molar-refractivity contribution < 1.29 is 4.79 Å². The normalized spacial score (nSPS) is 10.3. The van der Waals surface area contributed by atoms with Gasteiger partial charge in [0.2, 0.25) is 0 Å². The second-order valence-electron chi connectivity index (χ2n) is 2.20. The van der Waals surface area contributed by atoms with Crippen LogP contribution in [0.5, 0.6) is 0 Å². The van der Waals surface area contributed by atoms with Crippen LogP contribution in [0.2, 0.25) is 0 Å². The molecule has 0 aliphatic carbocycles. The first kappa shape index (κ1) is 7.66. The van der Waals surface area contributed by atoms with E-state index in [9.17, 15) is 4.79 Å². The third kappa shape index (κ3) is 2.00. The van der Waals surface area contributed by atoms with Gasteiger partial charge in [-0.3, -0.25) is 9.78 Å². The fourth-order valence-corrected chi connectivity index (χ4v) is 0.803. The molecule has 1 heterocycles. The summed E-state index contributed by atoms with van der Waals surface area (Å²) in [5.41, 5.74) is 1.92. The van der Waals surface area contributed by atoms with Crippen LogP contribution in [0.25, 0.3) is 6.08 Å². The molecule has 0 atom stereocenters. The Hall–Kier alpha value is -1.44. The van der Waals surface area contributed by atoms with Crippen LogP contribution in [-0.4, -0.2) is 11.3 Å². The number of allylic oxidation sites excluding steroid dienone is 1. The number of carbonyl (C=O) groups is 1. The van der Waals surface area contributed by atoms with Gasteiger partial charge in [0.05, 0.1) is 5.69 Å². The molecule has 0 aliphatic rings. The standard InChI is InChI=1S/C9H9NO/c1-8-4-2-6-10-9(8)5-3-7-11/h2-7H,1H3. The van der Waals surface area contributed by atoms with Gasteiger partial charge in [0, 0.05) is 6.20 Å². The van der Waals surface area contributed by atoms with Crippen LogP contribution in [-0.2, 0) is 4.79 Å². The lowest BCUT2D eigenvalue weighted by Crippen LogP contribution is -1.83. The van der Waals surface area contributed by atoms with Crippen molar-refractivity contribution >= 4 is 12.4 Å². The zero-order valence-corrected chi connectivity index (χ0v) is 6.32. The monoisotopic (exact) mass is 147 g/mol. The molecule has 0 fully saturated rings. The van der Waals surface area contributed by atoms with Gasteiger partial charge in [-0.15, -0.1) is 0 Å². The smallest absolute Gasteiger partial charge is 0.142 e. The van der Waals surface area contributed by atoms with Crippen LogP contribution in [0.3, 0.4) is 0 Å². The van der Waals surface area contributed by atoms with Gasteiger partial charge in [0.25, 0.3) is 0 Å². The molecule has 0 N–H and O–H groups in total. The van der Waals surface area contributed by atoms with E-state index in [0.29, 0.717) is 0 Å². The molecule has 1 aromatic heterocycles. The lowest BCUT2D eigenvalue weighted by molar-refractivity contribution is -0.104. The molecular weight excluding hydrogens is 138 g/mol. The van der Waals surface area contributed by atoms with Crippen LogP contribution < -0.4 is 0 Å². The van der Waals surface area contributed by atoms with E-state index in [2.05, 4.69) is 4.98 Å². The fraction of sp³-hybridized carbons (Fsp3) is 0.111. The third-order valence-electron chi connectivity index (χ3n) is 1.38. The van der Waals surface area contributed by atoms with Gasteiger partial charge in [0.15, 0.2) is 0 Å². The molecule has 1 aromatic rings. The van der Waals surface area contributed by atoms with E-state index < -0.39 is 0 Å². The molecule has 0 spiro atoms. The fourth-order valence-electron chi connectivity index (χ4n) is 0.803. The van der Waals surface area contributed by atoms with Crippen molar-refractivity contribution in [2.24, 2.45) is 0 Å². The number of aryl methyl sites for hydroxylation is 1. The molecule has 2 nitrogen and oxygen atoms in total. The number of hydrogen-bond acceptors (Lipinski definition) is 2. The van der Waals surface area contributed by atoms with E-state index in [-0.39, 0.29) is 0 Å². The molecule has 0 saturated heterocycles. The Morgan fingerprint density at radius 2 is 2.36 bits per heavy atom. The highest BCUT2D eigenvalue weighted by Gasteiger charge is 1.90. The summed E-state index contributed by atoms with van der Waals surface area (Å²) in [4.78, 5) is 14.0. The zero-order valence-electron chi connectivity index (χ0n) is 6.32. The summed E-state index contributed by atoms with van der Waals surface area (Å²) in [6, 6.07) is 3.82. The van der Waals surface area contributed by atoms with Gasteiger partial charge < -0.3 is 0 Å². The average Bonchev–Trinajstić information content (AvgIpc) is 2.03. The highest BCUT2D eigenvalue weighted by Crippen LogP contribution is 2.03. The summed E-state index contributed by atoms with van der Waals surface area (Å²) in [5, 5.41) is 0. The van der Waals surface area contributed by atoms with Crippen molar-refractivity contribution in [1.29, 1.82) is 0 Å². The van der Waals surface area contributed by atoms with Gasteiger partial charge in [-0.1, -0.05) is 6.07 Å². The largest absolute Gasteiger partial charge is 0.299 e. The zero-order chi connectivity index (χ0) is 8.10. The van der Waals surface area contributed by atoms with Crippen molar-refractivity contribution in [2.75, 3.05) is 0 Å². The second-order valence-corrected chi connectivity index (χ2v) is 2.20. The van der Waals surface area contributed by atoms with Crippen LogP contribution in [0.4, 0.5) is 0 Å². The van der Waals surface area contributed by atoms with Crippen LogP contribution in [0.15, 0.2) is 24.4 Å². The quantitative estimate of drug-likeness (QED) is 0.469. The van der Waals surface area contributed by atoms with Crippen molar-refractivity contribution in [3.63, 3.8) is 0 Å². The Labute approximate surface area is 65.6 Å². The van der Waals surface area contributed by atoms with E-state index in [0.717, 1.165) is 17.5 Å². The van der Waals surface area contributed by atoms with Crippen LogP contribution in [0, 0.1) is 6.92 Å². The van der Waals surface area contributed by atoms with Gasteiger partial charge >= 0.3 is 0 Å². The van der Waals surface area contributed by atoms with Crippen molar-refractivity contribution in [1.82, 2.24) is 4.98 Å². The maximum Gasteiger partial charge on any atom is 0.142 e. The number of pyridine rings is 1. The summed E-state index contributed by atoms with van der Waals surface area (Å²) in [5.74, 6) is 0. The Balaban J connectivity index is 2.94. The predicted octanol–water partition coefficient (Wildman–Crippen LogP) is 1.60. The Bertz CT molecular complexity index is 279. The third-order valence-corrected chi connectivity index (χ3v) is 1.38. The van der Waals surface area contributed by atoms with Crippen molar-refractivity contribution in [3.05, 3.63) is 35.7 Å². The Morgan fingerprint density at radius 3 is 3.00 bits per heavy atom. The number of aromatic nitrogens is 1. The first-order chi connectivity index (χ1) is 5.34. The van der Waals surface area contributed by atoms with Gasteiger partial charge in [-0.2, -0.15) is 0 Å². The molecule has 0 saturated carbocycles. The second kappa shape index (κ2) is 3.66. The van der Waals surface area contributed by atoms with Crippen LogP contribution in [0.1, 0.15) is 11.3 Å². The van der Waals surface area contributed by atoms with Crippen molar-refractivity contribution in [3.8, 4) is 0 Å². The predicted molar refractivity (Wildman–Crippen MR) is 44.1 cm³/mol. The number of rotatable bonds is 2. The molecule has 0 radical (unpaired) electrons. The summed E-state index contributed by atoms with van der Waals surface area (Å²) in [6.45, 7) is 1.96. The number of hydrogen-bond donors (Lipinski definition) is 0. The highest BCUT2D eigenvalue weighted by molar-refractivity contribution is 5.73. The summed E-state index contributed by atoms with van der Waals surface area (Å²) >= 11 is 0. The van der Waals surface area contributed by atoms with Crippen LogP contribution >= 0.6 is 0 Å². The summed E-state index contributed by atoms with van der Waals surface area (Å²) in [7, 11) is 0. The summed E-state index contributed by atoms with van der Waals surface area (Å²) < 4.78 is 0. The molecule has 1 rings (SSSR count). The lowest BCUT2D eigenvalue weighted by atomic mass is 10.2. The minimum atomic E-state index is 0.744. The van der Waals surface area contributed by atoms with Gasteiger partial charge in [-0.05, 0) is 30.7 Å². The number of nitrogens with zero attached hydrogens (tertiary/aromatic N) is 1. The molecule has 0 aromatic carbocycles.